The van der Waals surface area contributed by atoms with Crippen LogP contribution in [0.4, 0.5) is 0 Å². The maximum atomic E-state index is 9.72. The van der Waals surface area contributed by atoms with Gasteiger partial charge in [-0.3, -0.25) is 4.90 Å². The fraction of sp³-hybridized carbons (Fsp3) is 0.938. The van der Waals surface area contributed by atoms with Gasteiger partial charge in [0.15, 0.2) is 0 Å². The zero-order valence-corrected chi connectivity index (χ0v) is 12.1. The number of hydrogen-bond donors (Lipinski definition) is 0. The van der Waals surface area contributed by atoms with E-state index in [1.807, 2.05) is 0 Å². The van der Waals surface area contributed by atoms with Crippen LogP contribution >= 0.6 is 0 Å². The molecule has 2 nitrogen and oxygen atoms in total. The summed E-state index contributed by atoms with van der Waals surface area (Å²) >= 11 is 0. The quantitative estimate of drug-likeness (QED) is 0.739. The lowest BCUT2D eigenvalue weighted by molar-refractivity contribution is 0.0741. The Balaban J connectivity index is 2.01. The highest BCUT2D eigenvalue weighted by Crippen LogP contribution is 2.39. The summed E-state index contributed by atoms with van der Waals surface area (Å²) in [4.78, 5) is 2.52. The van der Waals surface area contributed by atoms with E-state index in [1.54, 1.807) is 0 Å². The van der Waals surface area contributed by atoms with Crippen molar-refractivity contribution in [3.05, 3.63) is 0 Å². The van der Waals surface area contributed by atoms with E-state index in [1.165, 1.54) is 38.5 Å². The van der Waals surface area contributed by atoms with E-state index in [0.29, 0.717) is 0 Å². The molecule has 0 atom stereocenters. The standard InChI is InChI=1S/C16H28N2/c1-14(2)15-7-9-16(13-17,10-8-15)18-11-5-3-4-6-12-18/h14-15H,3-12H2,1-2H3. The summed E-state index contributed by atoms with van der Waals surface area (Å²) < 4.78 is 0. The molecule has 1 saturated heterocycles. The number of nitrogens with zero attached hydrogens (tertiary/aromatic N) is 2. The summed E-state index contributed by atoms with van der Waals surface area (Å²) in [5.41, 5.74) is -0.115. The molecular weight excluding hydrogens is 220 g/mol. The minimum Gasteiger partial charge on any atom is -0.286 e. The second-order valence-electron chi connectivity index (χ2n) is 6.63. The average molecular weight is 248 g/mol. The number of nitriles is 1. The second-order valence-corrected chi connectivity index (χ2v) is 6.63. The van der Waals surface area contributed by atoms with E-state index in [0.717, 1.165) is 37.8 Å². The maximum Gasteiger partial charge on any atom is 0.109 e. The highest BCUT2D eigenvalue weighted by atomic mass is 15.2. The minimum absolute atomic E-state index is 0.115. The Labute approximate surface area is 112 Å². The van der Waals surface area contributed by atoms with Crippen molar-refractivity contribution in [3.8, 4) is 6.07 Å². The molecule has 0 amide bonds. The van der Waals surface area contributed by atoms with E-state index >= 15 is 0 Å². The molecule has 0 N–H and O–H groups in total. The molecule has 1 heterocycles. The van der Waals surface area contributed by atoms with Crippen molar-refractivity contribution in [2.75, 3.05) is 13.1 Å². The molecule has 0 bridgehead atoms. The van der Waals surface area contributed by atoms with Gasteiger partial charge < -0.3 is 0 Å². The smallest absolute Gasteiger partial charge is 0.109 e. The third-order valence-electron chi connectivity index (χ3n) is 5.22. The first-order valence-corrected chi connectivity index (χ1v) is 7.84. The average Bonchev–Trinajstić information content (AvgIpc) is 2.68. The van der Waals surface area contributed by atoms with Crippen molar-refractivity contribution in [1.82, 2.24) is 4.90 Å². The molecule has 2 fully saturated rings. The van der Waals surface area contributed by atoms with E-state index in [-0.39, 0.29) is 5.54 Å². The summed E-state index contributed by atoms with van der Waals surface area (Å²) in [6, 6.07) is 2.70. The Morgan fingerprint density at radius 2 is 1.61 bits per heavy atom. The summed E-state index contributed by atoms with van der Waals surface area (Å²) in [6.07, 6.45) is 10.00. The van der Waals surface area contributed by atoms with Gasteiger partial charge in [-0.15, -0.1) is 0 Å². The van der Waals surface area contributed by atoms with E-state index < -0.39 is 0 Å². The molecule has 1 saturated carbocycles. The first-order chi connectivity index (χ1) is 8.68. The predicted octanol–water partition coefficient (Wildman–Crippen LogP) is 3.97. The number of rotatable bonds is 2. The topological polar surface area (TPSA) is 27.0 Å². The van der Waals surface area contributed by atoms with Gasteiger partial charge in [-0.25, -0.2) is 0 Å². The van der Waals surface area contributed by atoms with Crippen LogP contribution in [0.1, 0.15) is 65.2 Å². The van der Waals surface area contributed by atoms with Crippen molar-refractivity contribution in [2.24, 2.45) is 11.8 Å². The number of hydrogen-bond acceptors (Lipinski definition) is 2. The van der Waals surface area contributed by atoms with Crippen molar-refractivity contribution in [3.63, 3.8) is 0 Å². The summed E-state index contributed by atoms with van der Waals surface area (Å²) in [6.45, 7) is 6.96. The fourth-order valence-electron chi connectivity index (χ4n) is 3.78. The lowest BCUT2D eigenvalue weighted by Crippen LogP contribution is -2.50. The van der Waals surface area contributed by atoms with Crippen molar-refractivity contribution < 1.29 is 0 Å². The molecule has 1 aliphatic heterocycles. The molecule has 2 aliphatic rings. The molecule has 0 radical (unpaired) electrons. The van der Waals surface area contributed by atoms with Gasteiger partial charge in [-0.2, -0.15) is 5.26 Å². The van der Waals surface area contributed by atoms with E-state index in [2.05, 4.69) is 24.8 Å². The summed E-state index contributed by atoms with van der Waals surface area (Å²) in [7, 11) is 0. The van der Waals surface area contributed by atoms with Crippen LogP contribution in [0.5, 0.6) is 0 Å². The zero-order chi connectivity index (χ0) is 13.0. The number of likely N-dealkylation sites (tertiary alicyclic amines) is 1. The molecule has 1 aliphatic carbocycles. The van der Waals surface area contributed by atoms with Crippen molar-refractivity contribution >= 4 is 0 Å². The molecular formula is C16H28N2. The van der Waals surface area contributed by atoms with Crippen LogP contribution in [0, 0.1) is 23.2 Å². The Kier molecular flexibility index (Phi) is 4.67. The highest BCUT2D eigenvalue weighted by Gasteiger charge is 2.40. The molecule has 0 aromatic carbocycles. The largest absolute Gasteiger partial charge is 0.286 e. The van der Waals surface area contributed by atoms with Gasteiger partial charge in [-0.05, 0) is 63.5 Å². The first-order valence-electron chi connectivity index (χ1n) is 7.84. The van der Waals surface area contributed by atoms with E-state index in [9.17, 15) is 5.26 Å². The first kappa shape index (κ1) is 13.9. The lowest BCUT2D eigenvalue weighted by atomic mass is 9.72. The maximum absolute atomic E-state index is 9.72. The molecule has 18 heavy (non-hydrogen) atoms. The zero-order valence-electron chi connectivity index (χ0n) is 12.1. The Bertz CT molecular complexity index is 287. The Morgan fingerprint density at radius 3 is 2.06 bits per heavy atom. The Morgan fingerprint density at radius 1 is 1.06 bits per heavy atom. The third-order valence-corrected chi connectivity index (χ3v) is 5.22. The molecule has 2 rings (SSSR count). The van der Waals surface area contributed by atoms with Gasteiger partial charge >= 0.3 is 0 Å². The molecule has 0 unspecified atom stereocenters. The second kappa shape index (κ2) is 6.06. The minimum atomic E-state index is -0.115. The van der Waals surface area contributed by atoms with Gasteiger partial charge in [0.05, 0.1) is 6.07 Å². The van der Waals surface area contributed by atoms with Crippen LogP contribution in [-0.4, -0.2) is 23.5 Å². The van der Waals surface area contributed by atoms with Gasteiger partial charge in [0.2, 0.25) is 0 Å². The Hall–Kier alpha value is -0.550. The monoisotopic (exact) mass is 248 g/mol. The van der Waals surface area contributed by atoms with Crippen LogP contribution in [-0.2, 0) is 0 Å². The summed E-state index contributed by atoms with van der Waals surface area (Å²) in [5, 5.41) is 9.72. The van der Waals surface area contributed by atoms with Crippen LogP contribution < -0.4 is 0 Å². The molecule has 2 heteroatoms. The van der Waals surface area contributed by atoms with E-state index in [4.69, 9.17) is 0 Å². The van der Waals surface area contributed by atoms with Gasteiger partial charge in [0.25, 0.3) is 0 Å². The normalized spacial score (nSPS) is 35.1. The van der Waals surface area contributed by atoms with Crippen LogP contribution in [0.25, 0.3) is 0 Å². The highest BCUT2D eigenvalue weighted by molar-refractivity contribution is 5.10. The molecule has 102 valence electrons. The fourth-order valence-corrected chi connectivity index (χ4v) is 3.78. The van der Waals surface area contributed by atoms with Crippen molar-refractivity contribution in [2.45, 2.75) is 70.8 Å². The van der Waals surface area contributed by atoms with Gasteiger partial charge in [-0.1, -0.05) is 26.7 Å². The molecule has 0 spiro atoms. The molecule has 0 aromatic rings. The summed E-state index contributed by atoms with van der Waals surface area (Å²) in [5.74, 6) is 1.63. The molecule has 0 aromatic heterocycles. The van der Waals surface area contributed by atoms with Gasteiger partial charge in [0.1, 0.15) is 5.54 Å². The SMILES string of the molecule is CC(C)C1CCC(C#N)(N2CCCCCC2)CC1. The van der Waals surface area contributed by atoms with Crippen LogP contribution in [0.15, 0.2) is 0 Å². The van der Waals surface area contributed by atoms with Gasteiger partial charge in [0, 0.05) is 0 Å². The van der Waals surface area contributed by atoms with Crippen LogP contribution in [0.3, 0.4) is 0 Å². The predicted molar refractivity (Wildman–Crippen MR) is 75.2 cm³/mol. The van der Waals surface area contributed by atoms with Crippen molar-refractivity contribution in [1.29, 1.82) is 5.26 Å². The third kappa shape index (κ3) is 2.88. The van der Waals surface area contributed by atoms with Crippen LogP contribution in [0.2, 0.25) is 0 Å². The lowest BCUT2D eigenvalue weighted by Gasteiger charge is -2.43.